The van der Waals surface area contributed by atoms with Crippen LogP contribution in [-0.2, 0) is 10.0 Å². The summed E-state index contributed by atoms with van der Waals surface area (Å²) < 4.78 is 39.0. The number of rotatable bonds is 4. The number of anilines is 1. The van der Waals surface area contributed by atoms with Crippen molar-refractivity contribution >= 4 is 49.1 Å². The van der Waals surface area contributed by atoms with Crippen molar-refractivity contribution in [2.45, 2.75) is 4.90 Å². The van der Waals surface area contributed by atoms with Crippen LogP contribution >= 0.6 is 27.5 Å². The van der Waals surface area contributed by atoms with Gasteiger partial charge in [-0.25, -0.2) is 17.1 Å². The maximum absolute atomic E-state index is 13.0. The van der Waals surface area contributed by atoms with Crippen LogP contribution in [0.4, 0.5) is 10.1 Å². The van der Waals surface area contributed by atoms with Gasteiger partial charge in [0.2, 0.25) is 10.0 Å². The number of benzene rings is 2. The maximum Gasteiger partial charge on any atom is 0.255 e. The maximum atomic E-state index is 13.0. The van der Waals surface area contributed by atoms with Crippen LogP contribution < -0.4 is 5.32 Å². The molecule has 0 saturated carbocycles. The Morgan fingerprint density at radius 1 is 1.21 bits per heavy atom. The van der Waals surface area contributed by atoms with Crippen molar-refractivity contribution in [3.8, 4) is 0 Å². The zero-order valence-electron chi connectivity index (χ0n) is 12.7. The summed E-state index contributed by atoms with van der Waals surface area (Å²) in [7, 11) is -0.928. The predicted octanol–water partition coefficient (Wildman–Crippen LogP) is 3.74. The minimum absolute atomic E-state index is 0.0367. The van der Waals surface area contributed by atoms with Crippen molar-refractivity contribution in [2.75, 3.05) is 19.4 Å². The monoisotopic (exact) mass is 434 g/mol. The Kier molecular flexibility index (Phi) is 5.64. The molecular weight excluding hydrogens is 423 g/mol. The molecule has 5 nitrogen and oxygen atoms in total. The quantitative estimate of drug-likeness (QED) is 0.795. The number of carbonyl (C=O) groups excluding carboxylic acids is 1. The van der Waals surface area contributed by atoms with Gasteiger partial charge in [-0.2, -0.15) is 0 Å². The number of carbonyl (C=O) groups is 1. The molecule has 0 fully saturated rings. The molecule has 0 aromatic heterocycles. The van der Waals surface area contributed by atoms with Gasteiger partial charge in [-0.15, -0.1) is 0 Å². The highest BCUT2D eigenvalue weighted by atomic mass is 79.9. The molecule has 9 heteroatoms. The Labute approximate surface area is 152 Å². The molecule has 0 radical (unpaired) electrons. The number of nitrogens with one attached hydrogen (secondary N) is 1. The molecule has 2 aromatic carbocycles. The summed E-state index contributed by atoms with van der Waals surface area (Å²) in [6.45, 7) is 0. The van der Waals surface area contributed by atoms with Gasteiger partial charge in [0.25, 0.3) is 5.91 Å². The van der Waals surface area contributed by atoms with E-state index in [0.717, 1.165) is 16.4 Å². The van der Waals surface area contributed by atoms with E-state index in [2.05, 4.69) is 21.2 Å². The van der Waals surface area contributed by atoms with Crippen molar-refractivity contribution in [3.63, 3.8) is 0 Å². The fourth-order valence-corrected chi connectivity index (χ4v) is 3.88. The van der Waals surface area contributed by atoms with E-state index in [9.17, 15) is 17.6 Å². The third kappa shape index (κ3) is 3.94. The van der Waals surface area contributed by atoms with Gasteiger partial charge in [-0.3, -0.25) is 4.79 Å². The molecule has 2 rings (SSSR count). The van der Waals surface area contributed by atoms with Crippen LogP contribution in [0.25, 0.3) is 0 Å². The van der Waals surface area contributed by atoms with Gasteiger partial charge in [-0.05, 0) is 52.3 Å². The fraction of sp³-hybridized carbons (Fsp3) is 0.133. The van der Waals surface area contributed by atoms with Gasteiger partial charge >= 0.3 is 0 Å². The summed E-state index contributed by atoms with van der Waals surface area (Å²) in [6, 6.07) is 7.74. The molecule has 128 valence electrons. The first-order valence-corrected chi connectivity index (χ1v) is 9.22. The Balaban J connectivity index is 2.37. The molecule has 0 saturated heterocycles. The van der Waals surface area contributed by atoms with Crippen LogP contribution in [0.3, 0.4) is 0 Å². The Morgan fingerprint density at radius 2 is 1.88 bits per heavy atom. The lowest BCUT2D eigenvalue weighted by Gasteiger charge is -2.14. The molecule has 24 heavy (non-hydrogen) atoms. The minimum atomic E-state index is -3.72. The van der Waals surface area contributed by atoms with E-state index in [1.165, 1.54) is 38.4 Å². The second kappa shape index (κ2) is 7.18. The number of hydrogen-bond acceptors (Lipinski definition) is 3. The summed E-state index contributed by atoms with van der Waals surface area (Å²) in [5.41, 5.74) is 0.349. The van der Waals surface area contributed by atoms with Gasteiger partial charge in [0.1, 0.15) is 5.82 Å². The predicted molar refractivity (Wildman–Crippen MR) is 94.4 cm³/mol. The number of sulfonamides is 1. The first kappa shape index (κ1) is 18.9. The third-order valence-electron chi connectivity index (χ3n) is 3.13. The molecule has 0 aliphatic rings. The van der Waals surface area contributed by atoms with E-state index in [1.807, 2.05) is 0 Å². The van der Waals surface area contributed by atoms with Gasteiger partial charge in [-0.1, -0.05) is 11.6 Å². The summed E-state index contributed by atoms with van der Waals surface area (Å²) in [5.74, 6) is -1.09. The van der Waals surface area contributed by atoms with Crippen molar-refractivity contribution in [1.29, 1.82) is 0 Å². The number of hydrogen-bond donors (Lipinski definition) is 1. The molecule has 0 aliphatic carbocycles. The molecule has 0 aliphatic heterocycles. The summed E-state index contributed by atoms with van der Waals surface area (Å²) in [6.07, 6.45) is 0. The van der Waals surface area contributed by atoms with Crippen LogP contribution in [0.5, 0.6) is 0 Å². The molecule has 0 bridgehead atoms. The van der Waals surface area contributed by atoms with Crippen LogP contribution in [-0.4, -0.2) is 32.7 Å². The lowest BCUT2D eigenvalue weighted by Crippen LogP contribution is -2.23. The first-order valence-electron chi connectivity index (χ1n) is 6.61. The second-order valence-corrected chi connectivity index (χ2v) is 8.39. The largest absolute Gasteiger partial charge is 0.321 e. The van der Waals surface area contributed by atoms with Crippen molar-refractivity contribution in [2.24, 2.45) is 0 Å². The molecule has 0 unspecified atom stereocenters. The number of nitrogens with zero attached hydrogens (tertiary/aromatic N) is 1. The Hall–Kier alpha value is -1.48. The van der Waals surface area contributed by atoms with E-state index >= 15 is 0 Å². The smallest absolute Gasteiger partial charge is 0.255 e. The van der Waals surface area contributed by atoms with E-state index < -0.39 is 21.7 Å². The van der Waals surface area contributed by atoms with E-state index in [1.54, 1.807) is 0 Å². The van der Waals surface area contributed by atoms with E-state index in [0.29, 0.717) is 4.47 Å². The molecule has 0 spiro atoms. The summed E-state index contributed by atoms with van der Waals surface area (Å²) in [5, 5.41) is 2.56. The van der Waals surface area contributed by atoms with Gasteiger partial charge < -0.3 is 5.32 Å². The Morgan fingerprint density at radius 3 is 2.46 bits per heavy atom. The molecule has 1 amide bonds. The Bertz CT molecular complexity index is 904. The minimum Gasteiger partial charge on any atom is -0.321 e. The topological polar surface area (TPSA) is 66.5 Å². The zero-order valence-corrected chi connectivity index (χ0v) is 15.8. The molecule has 1 N–H and O–H groups in total. The normalized spacial score (nSPS) is 11.6. The van der Waals surface area contributed by atoms with E-state index in [4.69, 9.17) is 11.6 Å². The van der Waals surface area contributed by atoms with Crippen LogP contribution in [0, 0.1) is 5.82 Å². The second-order valence-electron chi connectivity index (χ2n) is 5.01. The number of amides is 1. The van der Waals surface area contributed by atoms with Crippen molar-refractivity contribution < 1.29 is 17.6 Å². The van der Waals surface area contributed by atoms with Gasteiger partial charge in [0.05, 0.1) is 15.6 Å². The fourth-order valence-electron chi connectivity index (χ4n) is 1.82. The van der Waals surface area contributed by atoms with Crippen LogP contribution in [0.15, 0.2) is 45.8 Å². The average Bonchev–Trinajstić information content (AvgIpc) is 2.50. The van der Waals surface area contributed by atoms with Crippen molar-refractivity contribution in [1.82, 2.24) is 4.31 Å². The third-order valence-corrected chi connectivity index (χ3v) is 6.25. The highest BCUT2D eigenvalue weighted by molar-refractivity contribution is 9.10. The highest BCUT2D eigenvalue weighted by Crippen LogP contribution is 2.27. The van der Waals surface area contributed by atoms with Crippen LogP contribution in [0.2, 0.25) is 5.02 Å². The summed E-state index contributed by atoms with van der Waals surface area (Å²) >= 11 is 9.04. The SMILES string of the molecule is CN(C)S(=O)(=O)c1cc(C(=O)Nc2ccc(F)cc2Cl)ccc1Br. The summed E-state index contributed by atoms with van der Waals surface area (Å²) in [4.78, 5) is 12.3. The average molecular weight is 436 g/mol. The molecular formula is C15H13BrClFN2O3S. The molecule has 0 heterocycles. The standard InChI is InChI=1S/C15H13BrClFN2O3S/c1-20(2)24(22,23)14-7-9(3-5-11(14)16)15(21)19-13-6-4-10(18)8-12(13)17/h3-8H,1-2H3,(H,19,21). The molecule has 0 atom stereocenters. The van der Waals surface area contributed by atoms with Gasteiger partial charge in [0, 0.05) is 24.1 Å². The lowest BCUT2D eigenvalue weighted by atomic mass is 10.2. The van der Waals surface area contributed by atoms with Crippen LogP contribution in [0.1, 0.15) is 10.4 Å². The first-order chi connectivity index (χ1) is 11.1. The van der Waals surface area contributed by atoms with Crippen molar-refractivity contribution in [3.05, 3.63) is 57.3 Å². The highest BCUT2D eigenvalue weighted by Gasteiger charge is 2.22. The van der Waals surface area contributed by atoms with Gasteiger partial charge in [0.15, 0.2) is 0 Å². The number of halogens is 3. The molecule has 2 aromatic rings. The zero-order chi connectivity index (χ0) is 18.1. The lowest BCUT2D eigenvalue weighted by molar-refractivity contribution is 0.102. The van der Waals surface area contributed by atoms with E-state index in [-0.39, 0.29) is 21.2 Å².